The van der Waals surface area contributed by atoms with Gasteiger partial charge in [0, 0.05) is 0 Å². The van der Waals surface area contributed by atoms with E-state index in [9.17, 15) is 0 Å². The van der Waals surface area contributed by atoms with Crippen LogP contribution in [0.4, 0.5) is 0 Å². The second kappa shape index (κ2) is 5.57. The van der Waals surface area contributed by atoms with E-state index >= 15 is 0 Å². The van der Waals surface area contributed by atoms with Gasteiger partial charge in [-0.15, -0.1) is 11.6 Å². The number of ether oxygens (including phenoxy) is 1. The predicted octanol–water partition coefficient (Wildman–Crippen LogP) is 2.92. The van der Waals surface area contributed by atoms with Crippen molar-refractivity contribution in [2.24, 2.45) is 0 Å². The average Bonchev–Trinajstić information content (AvgIpc) is 2.15. The molecule has 1 aromatic rings. The third-order valence-corrected chi connectivity index (χ3v) is 1.96. The third-order valence-electron chi connectivity index (χ3n) is 1.82. The van der Waals surface area contributed by atoms with Crippen LogP contribution in [0.25, 0.3) is 0 Å². The molecule has 0 radical (unpaired) electrons. The van der Waals surface area contributed by atoms with Crippen LogP contribution in [0.2, 0.25) is 0 Å². The summed E-state index contributed by atoms with van der Waals surface area (Å²) in [6, 6.07) is 6.08. The summed E-state index contributed by atoms with van der Waals surface area (Å²) >= 11 is 5.41. The van der Waals surface area contributed by atoms with Crippen LogP contribution < -0.4 is 4.74 Å². The Kier molecular flexibility index (Phi) is 4.35. The Morgan fingerprint density at radius 1 is 1.29 bits per heavy atom. The molecular formula is C12H13ClO. The van der Waals surface area contributed by atoms with E-state index in [1.807, 2.05) is 19.1 Å². The van der Waals surface area contributed by atoms with Gasteiger partial charge in [0.15, 0.2) is 0 Å². The second-order valence-corrected chi connectivity index (χ2v) is 3.31. The minimum atomic E-state index is 0.357. The lowest BCUT2D eigenvalue weighted by Gasteiger charge is -2.06. The number of benzene rings is 1. The van der Waals surface area contributed by atoms with Gasteiger partial charge in [-0.1, -0.05) is 29.5 Å². The molecule has 0 saturated heterocycles. The third kappa shape index (κ3) is 3.32. The number of hydrogen-bond donors (Lipinski definition) is 0. The molecule has 0 unspecified atom stereocenters. The molecule has 1 aromatic carbocycles. The summed E-state index contributed by atoms with van der Waals surface area (Å²) in [6.07, 6.45) is 0. The molecule has 74 valence electrons. The van der Waals surface area contributed by atoms with Gasteiger partial charge in [-0.25, -0.2) is 0 Å². The first-order valence-electron chi connectivity index (χ1n) is 4.46. The summed E-state index contributed by atoms with van der Waals surface area (Å²) in [5, 5.41) is 0. The van der Waals surface area contributed by atoms with Crippen molar-refractivity contribution in [3.63, 3.8) is 0 Å². The number of aryl methyl sites for hydroxylation is 2. The Balaban J connectivity index is 2.59. The largest absolute Gasteiger partial charge is 0.481 e. The normalized spacial score (nSPS) is 9.07. The maximum Gasteiger partial charge on any atom is 0.149 e. The molecule has 14 heavy (non-hydrogen) atoms. The van der Waals surface area contributed by atoms with Crippen LogP contribution >= 0.6 is 11.6 Å². The van der Waals surface area contributed by atoms with Crippen LogP contribution in [0.5, 0.6) is 5.75 Å². The van der Waals surface area contributed by atoms with Gasteiger partial charge in [0.2, 0.25) is 0 Å². The maximum atomic E-state index is 5.46. The van der Waals surface area contributed by atoms with Gasteiger partial charge in [-0.3, -0.25) is 0 Å². The summed E-state index contributed by atoms with van der Waals surface area (Å²) in [7, 11) is 0. The molecule has 0 fully saturated rings. The van der Waals surface area contributed by atoms with Gasteiger partial charge in [-0.2, -0.15) is 0 Å². The van der Waals surface area contributed by atoms with E-state index in [2.05, 4.69) is 24.8 Å². The molecule has 0 spiro atoms. The van der Waals surface area contributed by atoms with E-state index in [0.717, 1.165) is 11.3 Å². The van der Waals surface area contributed by atoms with Crippen molar-refractivity contribution >= 4 is 11.6 Å². The first kappa shape index (κ1) is 10.9. The standard InChI is InChI=1S/C12H13ClO/c1-10-5-6-12(11(2)9-10)14-8-4-3-7-13/h5-6,9H,7-8H2,1-2H3. The lowest BCUT2D eigenvalue weighted by molar-refractivity contribution is 0.367. The molecule has 0 heterocycles. The predicted molar refractivity (Wildman–Crippen MR) is 59.9 cm³/mol. The minimum absolute atomic E-state index is 0.357. The number of halogens is 1. The van der Waals surface area contributed by atoms with Gasteiger partial charge in [0.1, 0.15) is 12.4 Å². The Labute approximate surface area is 90.0 Å². The number of rotatable bonds is 2. The molecular weight excluding hydrogens is 196 g/mol. The van der Waals surface area contributed by atoms with Gasteiger partial charge < -0.3 is 4.74 Å². The van der Waals surface area contributed by atoms with Crippen molar-refractivity contribution in [3.8, 4) is 17.6 Å². The Morgan fingerprint density at radius 2 is 2.07 bits per heavy atom. The molecule has 0 aromatic heterocycles. The highest BCUT2D eigenvalue weighted by molar-refractivity contribution is 6.19. The topological polar surface area (TPSA) is 9.23 Å². The zero-order valence-electron chi connectivity index (χ0n) is 8.43. The van der Waals surface area contributed by atoms with Crippen LogP contribution in [0.15, 0.2) is 18.2 Å². The van der Waals surface area contributed by atoms with E-state index in [0.29, 0.717) is 12.5 Å². The molecule has 0 N–H and O–H groups in total. The molecule has 0 atom stereocenters. The lowest BCUT2D eigenvalue weighted by atomic mass is 10.1. The number of alkyl halides is 1. The molecule has 0 aliphatic rings. The second-order valence-electron chi connectivity index (χ2n) is 3.04. The van der Waals surface area contributed by atoms with E-state index < -0.39 is 0 Å². The fraction of sp³-hybridized carbons (Fsp3) is 0.333. The Morgan fingerprint density at radius 3 is 2.71 bits per heavy atom. The Bertz CT molecular complexity index is 360. The smallest absolute Gasteiger partial charge is 0.149 e. The highest BCUT2D eigenvalue weighted by Gasteiger charge is 1.97. The van der Waals surface area contributed by atoms with Crippen molar-refractivity contribution in [1.82, 2.24) is 0 Å². The quantitative estimate of drug-likeness (QED) is 0.537. The molecule has 0 aliphatic heterocycles. The fourth-order valence-electron chi connectivity index (χ4n) is 1.17. The maximum absolute atomic E-state index is 5.46. The van der Waals surface area contributed by atoms with E-state index in [1.165, 1.54) is 5.56 Å². The van der Waals surface area contributed by atoms with Crippen molar-refractivity contribution < 1.29 is 4.74 Å². The summed E-state index contributed by atoms with van der Waals surface area (Å²) in [5.74, 6) is 6.81. The first-order valence-corrected chi connectivity index (χ1v) is 4.99. The molecule has 2 heteroatoms. The van der Waals surface area contributed by atoms with Crippen LogP contribution in [0.3, 0.4) is 0 Å². The van der Waals surface area contributed by atoms with Crippen LogP contribution in [-0.4, -0.2) is 12.5 Å². The van der Waals surface area contributed by atoms with Crippen LogP contribution in [0.1, 0.15) is 11.1 Å². The van der Waals surface area contributed by atoms with Gasteiger partial charge in [-0.05, 0) is 25.5 Å². The zero-order chi connectivity index (χ0) is 10.4. The summed E-state index contributed by atoms with van der Waals surface area (Å²) in [4.78, 5) is 0. The lowest BCUT2D eigenvalue weighted by Crippen LogP contribution is -1.96. The summed E-state index contributed by atoms with van der Waals surface area (Å²) < 4.78 is 5.46. The van der Waals surface area contributed by atoms with Crippen LogP contribution in [0, 0.1) is 25.7 Å². The molecule has 0 bridgehead atoms. The van der Waals surface area contributed by atoms with Crippen molar-refractivity contribution in [3.05, 3.63) is 29.3 Å². The number of hydrogen-bond acceptors (Lipinski definition) is 1. The van der Waals surface area contributed by atoms with Crippen LogP contribution in [-0.2, 0) is 0 Å². The Hall–Kier alpha value is -1.13. The van der Waals surface area contributed by atoms with Gasteiger partial charge in [0.05, 0.1) is 5.88 Å². The molecule has 0 amide bonds. The highest BCUT2D eigenvalue weighted by atomic mass is 35.5. The molecule has 0 saturated carbocycles. The van der Waals surface area contributed by atoms with E-state index in [-0.39, 0.29) is 0 Å². The summed E-state index contributed by atoms with van der Waals surface area (Å²) in [6.45, 7) is 4.48. The first-order chi connectivity index (χ1) is 6.74. The molecule has 0 aliphatic carbocycles. The zero-order valence-corrected chi connectivity index (χ0v) is 9.19. The fourth-order valence-corrected chi connectivity index (χ4v) is 1.27. The molecule has 1 rings (SSSR count). The minimum Gasteiger partial charge on any atom is -0.481 e. The van der Waals surface area contributed by atoms with Crippen molar-refractivity contribution in [2.45, 2.75) is 13.8 Å². The van der Waals surface area contributed by atoms with Gasteiger partial charge in [0.25, 0.3) is 0 Å². The van der Waals surface area contributed by atoms with Crippen molar-refractivity contribution in [1.29, 1.82) is 0 Å². The monoisotopic (exact) mass is 208 g/mol. The molecule has 1 nitrogen and oxygen atoms in total. The van der Waals surface area contributed by atoms with Gasteiger partial charge >= 0.3 is 0 Å². The van der Waals surface area contributed by atoms with E-state index in [1.54, 1.807) is 0 Å². The SMILES string of the molecule is Cc1ccc(OCC#CCCl)c(C)c1. The summed E-state index contributed by atoms with van der Waals surface area (Å²) in [5.41, 5.74) is 2.37. The van der Waals surface area contributed by atoms with E-state index in [4.69, 9.17) is 16.3 Å². The average molecular weight is 209 g/mol. The van der Waals surface area contributed by atoms with Crippen molar-refractivity contribution in [2.75, 3.05) is 12.5 Å². The highest BCUT2D eigenvalue weighted by Crippen LogP contribution is 2.18.